The van der Waals surface area contributed by atoms with Crippen LogP contribution in [0.5, 0.6) is 0 Å². The summed E-state index contributed by atoms with van der Waals surface area (Å²) in [6.07, 6.45) is 1.10. The van der Waals surface area contributed by atoms with Gasteiger partial charge in [-0.1, -0.05) is 36.8 Å². The van der Waals surface area contributed by atoms with Crippen molar-refractivity contribution in [2.45, 2.75) is 26.8 Å². The van der Waals surface area contributed by atoms with Crippen LogP contribution in [0, 0.1) is 6.92 Å². The van der Waals surface area contributed by atoms with E-state index in [0.29, 0.717) is 0 Å². The highest BCUT2D eigenvalue weighted by atomic mass is 16.5. The lowest BCUT2D eigenvalue weighted by atomic mass is 10.1. The summed E-state index contributed by atoms with van der Waals surface area (Å²) in [5.41, 5.74) is 2.64. The van der Waals surface area contributed by atoms with Crippen LogP contribution < -0.4 is 5.32 Å². The quantitative estimate of drug-likeness (QED) is 0.694. The molecular weight excluding hydrogens is 186 g/mol. The molecule has 0 bridgehead atoms. The Morgan fingerprint density at radius 1 is 1.13 bits per heavy atom. The summed E-state index contributed by atoms with van der Waals surface area (Å²) in [6, 6.07) is 8.61. The van der Waals surface area contributed by atoms with Crippen molar-refractivity contribution in [3.8, 4) is 0 Å². The maximum atomic E-state index is 5.38. The third-order valence-electron chi connectivity index (χ3n) is 2.22. The predicted octanol–water partition coefficient (Wildman–Crippen LogP) is 2.51. The van der Waals surface area contributed by atoms with Crippen LogP contribution in [-0.2, 0) is 11.3 Å². The minimum atomic E-state index is 0.805. The summed E-state index contributed by atoms with van der Waals surface area (Å²) in [6.45, 7) is 7.76. The zero-order chi connectivity index (χ0) is 10.9. The van der Waals surface area contributed by atoms with Crippen molar-refractivity contribution < 1.29 is 4.74 Å². The van der Waals surface area contributed by atoms with E-state index in [2.05, 4.69) is 43.4 Å². The Balaban J connectivity index is 2.07. The summed E-state index contributed by atoms with van der Waals surface area (Å²) >= 11 is 0. The molecule has 1 rings (SSSR count). The number of aryl methyl sites for hydroxylation is 1. The van der Waals surface area contributed by atoms with E-state index in [9.17, 15) is 0 Å². The standard InChI is InChI=1S/C13H21NO/c1-3-9-15-10-8-14-11-13-6-4-12(2)5-7-13/h4-7,14H,3,8-11H2,1-2H3. The lowest BCUT2D eigenvalue weighted by molar-refractivity contribution is 0.136. The van der Waals surface area contributed by atoms with E-state index in [4.69, 9.17) is 4.74 Å². The molecule has 1 aromatic carbocycles. The van der Waals surface area contributed by atoms with Gasteiger partial charge in [0.2, 0.25) is 0 Å². The Morgan fingerprint density at radius 3 is 2.53 bits per heavy atom. The largest absolute Gasteiger partial charge is 0.380 e. The SMILES string of the molecule is CCCOCCNCc1ccc(C)cc1. The first-order chi connectivity index (χ1) is 7.33. The molecule has 2 nitrogen and oxygen atoms in total. The summed E-state index contributed by atoms with van der Waals surface area (Å²) in [7, 11) is 0. The van der Waals surface area contributed by atoms with Crippen LogP contribution in [0.15, 0.2) is 24.3 Å². The molecule has 0 unspecified atom stereocenters. The summed E-state index contributed by atoms with van der Waals surface area (Å²) in [5.74, 6) is 0. The fourth-order valence-corrected chi connectivity index (χ4v) is 1.33. The zero-order valence-electron chi connectivity index (χ0n) is 9.75. The average Bonchev–Trinajstić information content (AvgIpc) is 2.26. The lowest BCUT2D eigenvalue weighted by Gasteiger charge is -2.05. The maximum Gasteiger partial charge on any atom is 0.0591 e. The Bertz CT molecular complexity index is 256. The minimum Gasteiger partial charge on any atom is -0.380 e. The van der Waals surface area contributed by atoms with Crippen molar-refractivity contribution in [2.24, 2.45) is 0 Å². The molecule has 0 saturated heterocycles. The fourth-order valence-electron chi connectivity index (χ4n) is 1.33. The minimum absolute atomic E-state index is 0.805. The molecular formula is C13H21NO. The predicted molar refractivity (Wildman–Crippen MR) is 64.0 cm³/mol. The fraction of sp³-hybridized carbons (Fsp3) is 0.538. The number of benzene rings is 1. The highest BCUT2D eigenvalue weighted by Crippen LogP contribution is 2.01. The van der Waals surface area contributed by atoms with Gasteiger partial charge in [-0.2, -0.15) is 0 Å². The van der Waals surface area contributed by atoms with Gasteiger partial charge in [0.25, 0.3) is 0 Å². The normalized spacial score (nSPS) is 10.5. The molecule has 0 fully saturated rings. The van der Waals surface area contributed by atoms with E-state index >= 15 is 0 Å². The molecule has 0 amide bonds. The van der Waals surface area contributed by atoms with Crippen molar-refractivity contribution in [1.29, 1.82) is 0 Å². The third kappa shape index (κ3) is 5.55. The molecule has 0 spiro atoms. The molecule has 0 heterocycles. The van der Waals surface area contributed by atoms with Gasteiger partial charge < -0.3 is 10.1 Å². The number of ether oxygens (including phenoxy) is 1. The number of nitrogens with one attached hydrogen (secondary N) is 1. The van der Waals surface area contributed by atoms with E-state index in [1.165, 1.54) is 11.1 Å². The molecule has 1 aromatic rings. The van der Waals surface area contributed by atoms with Gasteiger partial charge in [0, 0.05) is 19.7 Å². The van der Waals surface area contributed by atoms with E-state index in [1.807, 2.05) is 0 Å². The smallest absolute Gasteiger partial charge is 0.0591 e. The van der Waals surface area contributed by atoms with Crippen LogP contribution in [-0.4, -0.2) is 19.8 Å². The van der Waals surface area contributed by atoms with Gasteiger partial charge >= 0.3 is 0 Å². The monoisotopic (exact) mass is 207 g/mol. The summed E-state index contributed by atoms with van der Waals surface area (Å²) in [4.78, 5) is 0. The third-order valence-corrected chi connectivity index (χ3v) is 2.22. The molecule has 1 N–H and O–H groups in total. The van der Waals surface area contributed by atoms with Crippen LogP contribution in [0.25, 0.3) is 0 Å². The van der Waals surface area contributed by atoms with Gasteiger partial charge in [0.05, 0.1) is 6.61 Å². The molecule has 0 aliphatic heterocycles. The summed E-state index contributed by atoms with van der Waals surface area (Å²) in [5, 5.41) is 3.36. The molecule has 0 aromatic heterocycles. The first kappa shape index (κ1) is 12.2. The summed E-state index contributed by atoms with van der Waals surface area (Å²) < 4.78 is 5.38. The number of rotatable bonds is 7. The lowest BCUT2D eigenvalue weighted by Crippen LogP contribution is -2.19. The van der Waals surface area contributed by atoms with Gasteiger partial charge in [0.15, 0.2) is 0 Å². The van der Waals surface area contributed by atoms with Crippen LogP contribution >= 0.6 is 0 Å². The van der Waals surface area contributed by atoms with Gasteiger partial charge in [0.1, 0.15) is 0 Å². The van der Waals surface area contributed by atoms with Crippen molar-refractivity contribution in [1.82, 2.24) is 5.32 Å². The van der Waals surface area contributed by atoms with E-state index in [0.717, 1.165) is 32.7 Å². The van der Waals surface area contributed by atoms with E-state index in [-0.39, 0.29) is 0 Å². The molecule has 84 valence electrons. The molecule has 15 heavy (non-hydrogen) atoms. The van der Waals surface area contributed by atoms with Crippen LogP contribution in [0.1, 0.15) is 24.5 Å². The van der Waals surface area contributed by atoms with Crippen LogP contribution in [0.3, 0.4) is 0 Å². The van der Waals surface area contributed by atoms with Crippen LogP contribution in [0.2, 0.25) is 0 Å². The average molecular weight is 207 g/mol. The molecule has 0 aliphatic rings. The number of hydrogen-bond acceptors (Lipinski definition) is 2. The van der Waals surface area contributed by atoms with Gasteiger partial charge in [-0.05, 0) is 18.9 Å². The van der Waals surface area contributed by atoms with Gasteiger partial charge in [-0.3, -0.25) is 0 Å². The molecule has 0 radical (unpaired) electrons. The first-order valence-electron chi connectivity index (χ1n) is 5.67. The Labute approximate surface area is 92.6 Å². The van der Waals surface area contributed by atoms with E-state index < -0.39 is 0 Å². The van der Waals surface area contributed by atoms with Crippen molar-refractivity contribution in [2.75, 3.05) is 19.8 Å². The Kier molecular flexibility index (Phi) is 6.05. The molecule has 0 aliphatic carbocycles. The van der Waals surface area contributed by atoms with Gasteiger partial charge in [-0.25, -0.2) is 0 Å². The van der Waals surface area contributed by atoms with E-state index in [1.54, 1.807) is 0 Å². The molecule has 0 atom stereocenters. The Hall–Kier alpha value is -0.860. The first-order valence-corrected chi connectivity index (χ1v) is 5.67. The van der Waals surface area contributed by atoms with Crippen LogP contribution in [0.4, 0.5) is 0 Å². The Morgan fingerprint density at radius 2 is 1.87 bits per heavy atom. The topological polar surface area (TPSA) is 21.3 Å². The molecule has 0 saturated carbocycles. The maximum absolute atomic E-state index is 5.38. The van der Waals surface area contributed by atoms with Crippen molar-refractivity contribution in [3.63, 3.8) is 0 Å². The van der Waals surface area contributed by atoms with Crippen molar-refractivity contribution >= 4 is 0 Å². The zero-order valence-corrected chi connectivity index (χ0v) is 9.75. The second-order valence-corrected chi connectivity index (χ2v) is 3.77. The molecule has 2 heteroatoms. The highest BCUT2D eigenvalue weighted by molar-refractivity contribution is 5.20. The number of hydrogen-bond donors (Lipinski definition) is 1. The highest BCUT2D eigenvalue weighted by Gasteiger charge is 1.92. The van der Waals surface area contributed by atoms with Gasteiger partial charge in [-0.15, -0.1) is 0 Å². The van der Waals surface area contributed by atoms with Crippen molar-refractivity contribution in [3.05, 3.63) is 35.4 Å². The second kappa shape index (κ2) is 7.43. The second-order valence-electron chi connectivity index (χ2n) is 3.77.